The second kappa shape index (κ2) is 12.2. The van der Waals surface area contributed by atoms with Crippen molar-refractivity contribution < 1.29 is 27.4 Å². The Kier molecular flexibility index (Phi) is 8.42. The summed E-state index contributed by atoms with van der Waals surface area (Å²) >= 11 is 6.40. The van der Waals surface area contributed by atoms with Gasteiger partial charge in [-0.05, 0) is 105 Å². The summed E-state index contributed by atoms with van der Waals surface area (Å²) in [6, 6.07) is 11.4. The van der Waals surface area contributed by atoms with Crippen LogP contribution < -0.4 is 14.4 Å². The maximum atomic E-state index is 13.5. The van der Waals surface area contributed by atoms with E-state index in [1.54, 1.807) is 13.0 Å². The number of nitrogens with one attached hydrogen (secondary N) is 1. The standard InChI is InChI=1S/C35H43ClN2O6S/c1-22-5-4-14-35(21-42-15-16-43-35)30-12-8-26(30)19-38-20-27-7-3-6-24-17-28(36)10-11-29(24)33(27)44-32-13-9-25(18-31(32)38)34(39)37-45(40,41)23(22)2/h4,9-11,13-14,17-18,22-23,26-27,30,33H,3,5-8,12,15-16,19-21H2,1-2H3,(H,37,39)/b14-4+/t22-,23+,26-,27+,30+,33?,35-/m0/s1. The lowest BCUT2D eigenvalue weighted by molar-refractivity contribution is -0.182. The number of sulfonamides is 1. The summed E-state index contributed by atoms with van der Waals surface area (Å²) in [5.41, 5.74) is 2.99. The van der Waals surface area contributed by atoms with Crippen LogP contribution in [0.1, 0.15) is 73.5 Å². The normalized spacial score (nSPS) is 35.3. The number of aryl methyl sites for hydroxylation is 1. The van der Waals surface area contributed by atoms with Crippen LogP contribution in [0.15, 0.2) is 48.6 Å². The van der Waals surface area contributed by atoms with Gasteiger partial charge in [-0.25, -0.2) is 13.1 Å². The number of carbonyl (C=O) groups is 1. The van der Waals surface area contributed by atoms with Gasteiger partial charge in [-0.2, -0.15) is 0 Å². The van der Waals surface area contributed by atoms with Crippen LogP contribution in [-0.2, 0) is 25.9 Å². The third kappa shape index (κ3) is 5.90. The van der Waals surface area contributed by atoms with E-state index >= 15 is 0 Å². The molecule has 8 nitrogen and oxygen atoms in total. The summed E-state index contributed by atoms with van der Waals surface area (Å²) in [6.45, 7) is 6.73. The monoisotopic (exact) mass is 654 g/mol. The Morgan fingerprint density at radius 2 is 1.87 bits per heavy atom. The molecule has 7 rings (SSSR count). The van der Waals surface area contributed by atoms with Crippen molar-refractivity contribution in [3.05, 3.63) is 70.3 Å². The number of halogens is 1. The molecule has 0 aromatic heterocycles. The summed E-state index contributed by atoms with van der Waals surface area (Å²) in [5, 5.41) is -0.0368. The SMILES string of the molecule is C[C@@H]1[C@@H](C)C/C=C/[C@]2(COCCO2)[C@@H]2CC[C@H]2CN2C[C@H]3CCCc4cc(Cl)ccc4C3Oc3ccc(cc32)C(=O)NS1(=O)=O. The third-order valence-electron chi connectivity index (χ3n) is 11.0. The van der Waals surface area contributed by atoms with E-state index in [0.717, 1.165) is 55.9 Å². The molecule has 1 saturated heterocycles. The lowest BCUT2D eigenvalue weighted by Gasteiger charge is -2.51. The molecule has 2 aliphatic carbocycles. The summed E-state index contributed by atoms with van der Waals surface area (Å²) in [4.78, 5) is 15.9. The van der Waals surface area contributed by atoms with Gasteiger partial charge < -0.3 is 19.1 Å². The van der Waals surface area contributed by atoms with E-state index in [0.29, 0.717) is 43.5 Å². The molecule has 3 heterocycles. The molecule has 45 heavy (non-hydrogen) atoms. The van der Waals surface area contributed by atoms with Crippen LogP contribution in [0, 0.1) is 23.7 Å². The van der Waals surface area contributed by atoms with E-state index in [9.17, 15) is 13.2 Å². The van der Waals surface area contributed by atoms with Gasteiger partial charge in [0, 0.05) is 29.6 Å². The average molecular weight is 655 g/mol. The predicted molar refractivity (Wildman–Crippen MR) is 174 cm³/mol. The summed E-state index contributed by atoms with van der Waals surface area (Å²) < 4.78 is 48.5. The zero-order valence-electron chi connectivity index (χ0n) is 26.0. The van der Waals surface area contributed by atoms with Gasteiger partial charge in [0.25, 0.3) is 5.91 Å². The second-order valence-corrected chi connectivity index (χ2v) is 16.2. The molecular formula is C35H43ClN2O6S. The van der Waals surface area contributed by atoms with Crippen LogP contribution in [0.3, 0.4) is 0 Å². The first kappa shape index (κ1) is 31.0. The molecule has 2 aromatic carbocycles. The van der Waals surface area contributed by atoms with Crippen molar-refractivity contribution in [1.29, 1.82) is 0 Å². The summed E-state index contributed by atoms with van der Waals surface area (Å²) in [7, 11) is -3.92. The highest BCUT2D eigenvalue weighted by Crippen LogP contribution is 2.49. The molecule has 1 spiro atoms. The molecule has 3 aliphatic heterocycles. The second-order valence-electron chi connectivity index (χ2n) is 13.7. The Bertz CT molecular complexity index is 1590. The lowest BCUT2D eigenvalue weighted by Crippen LogP contribution is -2.56. The number of amides is 1. The minimum absolute atomic E-state index is 0.151. The van der Waals surface area contributed by atoms with Gasteiger partial charge in [-0.1, -0.05) is 36.7 Å². The number of anilines is 1. The van der Waals surface area contributed by atoms with E-state index in [4.69, 9.17) is 25.8 Å². The smallest absolute Gasteiger partial charge is 0.264 e. The number of carbonyl (C=O) groups excluding carboxylic acids is 1. The number of rotatable bonds is 0. The highest BCUT2D eigenvalue weighted by molar-refractivity contribution is 7.90. The van der Waals surface area contributed by atoms with Gasteiger partial charge in [0.1, 0.15) is 17.5 Å². The van der Waals surface area contributed by atoms with Crippen LogP contribution in [-0.4, -0.2) is 58.1 Å². The van der Waals surface area contributed by atoms with Crippen LogP contribution in [0.25, 0.3) is 0 Å². The Labute approximate surface area is 271 Å². The van der Waals surface area contributed by atoms with Crippen molar-refractivity contribution in [2.24, 2.45) is 23.7 Å². The molecule has 1 saturated carbocycles. The topological polar surface area (TPSA) is 94.2 Å². The van der Waals surface area contributed by atoms with E-state index in [2.05, 4.69) is 33.9 Å². The number of hydrogen-bond donors (Lipinski definition) is 1. The minimum Gasteiger partial charge on any atom is -0.483 e. The van der Waals surface area contributed by atoms with Crippen molar-refractivity contribution in [3.63, 3.8) is 0 Å². The highest BCUT2D eigenvalue weighted by Gasteiger charge is 2.49. The molecular weight excluding hydrogens is 612 g/mol. The fourth-order valence-corrected chi connectivity index (χ4v) is 9.52. The molecule has 10 heteroatoms. The zero-order valence-corrected chi connectivity index (χ0v) is 27.6. The Morgan fingerprint density at radius 1 is 1.02 bits per heavy atom. The van der Waals surface area contributed by atoms with Crippen LogP contribution in [0.4, 0.5) is 5.69 Å². The molecule has 5 aliphatic rings. The summed E-state index contributed by atoms with van der Waals surface area (Å²) in [6.07, 6.45) is 9.73. The fraction of sp³-hybridized carbons (Fsp3) is 0.571. The van der Waals surface area contributed by atoms with E-state index in [-0.39, 0.29) is 23.9 Å². The molecule has 0 radical (unpaired) electrons. The van der Waals surface area contributed by atoms with Crippen LogP contribution >= 0.6 is 11.6 Å². The quantitative estimate of drug-likeness (QED) is 0.344. The highest BCUT2D eigenvalue weighted by atomic mass is 35.5. The maximum Gasteiger partial charge on any atom is 0.264 e. The Morgan fingerprint density at radius 3 is 2.64 bits per heavy atom. The van der Waals surface area contributed by atoms with Crippen molar-refractivity contribution in [2.45, 2.75) is 69.3 Å². The molecule has 2 aromatic rings. The fourth-order valence-electron chi connectivity index (χ4n) is 8.04. The average Bonchev–Trinajstić information content (AvgIpc) is 3.25. The van der Waals surface area contributed by atoms with Gasteiger partial charge in [-0.3, -0.25) is 4.79 Å². The Hall–Kier alpha value is -2.59. The largest absolute Gasteiger partial charge is 0.483 e. The number of allylic oxidation sites excluding steroid dienone is 1. The third-order valence-corrected chi connectivity index (χ3v) is 13.1. The number of fused-ring (bicyclic) bond motifs is 6. The van der Waals surface area contributed by atoms with Gasteiger partial charge in [-0.15, -0.1) is 0 Å². The molecule has 2 bridgehead atoms. The predicted octanol–water partition coefficient (Wildman–Crippen LogP) is 6.09. The Balaban J connectivity index is 1.31. The molecule has 1 unspecified atom stereocenters. The molecule has 2 fully saturated rings. The van der Waals surface area contributed by atoms with E-state index in [1.807, 2.05) is 25.1 Å². The van der Waals surface area contributed by atoms with Crippen LogP contribution in [0.2, 0.25) is 5.02 Å². The summed E-state index contributed by atoms with van der Waals surface area (Å²) in [5.74, 6) is 0.734. The van der Waals surface area contributed by atoms with Gasteiger partial charge in [0.2, 0.25) is 10.0 Å². The molecule has 1 amide bonds. The lowest BCUT2D eigenvalue weighted by atomic mass is 9.64. The molecule has 1 N–H and O–H groups in total. The van der Waals surface area contributed by atoms with Crippen molar-refractivity contribution in [2.75, 3.05) is 37.8 Å². The van der Waals surface area contributed by atoms with Crippen LogP contribution in [0.5, 0.6) is 5.75 Å². The first-order valence-electron chi connectivity index (χ1n) is 16.4. The van der Waals surface area contributed by atoms with Crippen molar-refractivity contribution in [3.8, 4) is 5.75 Å². The van der Waals surface area contributed by atoms with Gasteiger partial charge in [0.05, 0.1) is 30.8 Å². The first-order chi connectivity index (χ1) is 21.6. The van der Waals surface area contributed by atoms with E-state index in [1.165, 1.54) is 11.1 Å². The minimum atomic E-state index is -3.92. The number of hydrogen-bond acceptors (Lipinski definition) is 7. The number of nitrogens with zero attached hydrogens (tertiary/aromatic N) is 1. The molecule has 7 atom stereocenters. The van der Waals surface area contributed by atoms with Gasteiger partial charge >= 0.3 is 0 Å². The van der Waals surface area contributed by atoms with E-state index < -0.39 is 26.8 Å². The first-order valence-corrected chi connectivity index (χ1v) is 18.4. The van der Waals surface area contributed by atoms with Crippen molar-refractivity contribution >= 4 is 33.2 Å². The van der Waals surface area contributed by atoms with Gasteiger partial charge in [0.15, 0.2) is 0 Å². The zero-order chi connectivity index (χ0) is 31.3. The molecule has 242 valence electrons. The van der Waals surface area contributed by atoms with Crippen molar-refractivity contribution in [1.82, 2.24) is 4.72 Å². The number of benzene rings is 2. The maximum absolute atomic E-state index is 13.5. The number of ether oxygens (including phenoxy) is 3.